The molecule has 1 rings (SSSR count). The molecule has 0 spiro atoms. The molecule has 0 aromatic rings. The first-order valence-electron chi connectivity index (χ1n) is 13.9. The second-order valence-electron chi connectivity index (χ2n) is 9.79. The van der Waals surface area contributed by atoms with E-state index in [4.69, 9.17) is 18.9 Å². The molecule has 1 fully saturated rings. The van der Waals surface area contributed by atoms with Crippen molar-refractivity contribution in [2.45, 2.75) is 118 Å². The molecule has 1 saturated heterocycles. The van der Waals surface area contributed by atoms with Crippen molar-refractivity contribution in [1.29, 1.82) is 0 Å². The molecule has 238 valence electrons. The van der Waals surface area contributed by atoms with Crippen LogP contribution in [0, 0.1) is 5.41 Å². The van der Waals surface area contributed by atoms with Crippen LogP contribution < -0.4 is 0 Å². The van der Waals surface area contributed by atoms with Gasteiger partial charge < -0.3 is 28.5 Å². The molecule has 41 heavy (non-hydrogen) atoms. The van der Waals surface area contributed by atoms with E-state index in [1.807, 2.05) is 6.92 Å². The third-order valence-corrected chi connectivity index (χ3v) is 6.17. The van der Waals surface area contributed by atoms with Crippen LogP contribution in [0.25, 0.3) is 0 Å². The number of unbranched alkanes of at least 4 members (excludes halogenated alkanes) is 4. The largest absolute Gasteiger partial charge is 0.469 e. The molecular formula is C32H56O9. The minimum absolute atomic E-state index is 0. The fourth-order valence-electron chi connectivity index (χ4n) is 3.96. The van der Waals surface area contributed by atoms with Gasteiger partial charge in [-0.3, -0.25) is 9.59 Å². The lowest BCUT2D eigenvalue weighted by molar-refractivity contribution is -0.334. The van der Waals surface area contributed by atoms with Crippen LogP contribution in [0.4, 0.5) is 0 Å². The van der Waals surface area contributed by atoms with Crippen LogP contribution in [0.3, 0.4) is 0 Å². The Balaban J connectivity index is -0.000000805. The van der Waals surface area contributed by atoms with Gasteiger partial charge in [-0.25, -0.2) is 4.79 Å². The maximum atomic E-state index is 12.0. The Labute approximate surface area is 248 Å². The summed E-state index contributed by atoms with van der Waals surface area (Å²) >= 11 is 0. The number of esters is 3. The van der Waals surface area contributed by atoms with Crippen molar-refractivity contribution in [2.75, 3.05) is 21.3 Å². The Morgan fingerprint density at radius 1 is 1.02 bits per heavy atom. The third kappa shape index (κ3) is 15.1. The Morgan fingerprint density at radius 2 is 1.61 bits per heavy atom. The van der Waals surface area contributed by atoms with Crippen LogP contribution in [-0.4, -0.2) is 63.5 Å². The zero-order chi connectivity index (χ0) is 31.2. The minimum Gasteiger partial charge on any atom is -0.469 e. The zero-order valence-corrected chi connectivity index (χ0v) is 25.9. The molecule has 0 aromatic carbocycles. The highest BCUT2D eigenvalue weighted by Crippen LogP contribution is 2.46. The van der Waals surface area contributed by atoms with E-state index in [0.29, 0.717) is 31.1 Å². The third-order valence-electron chi connectivity index (χ3n) is 6.17. The average molecular weight is 585 g/mol. The van der Waals surface area contributed by atoms with Crippen molar-refractivity contribution >= 4 is 24.2 Å². The molecule has 9 nitrogen and oxygen atoms in total. The van der Waals surface area contributed by atoms with Gasteiger partial charge >= 0.3 is 17.9 Å². The topological polar surface area (TPSA) is 114 Å². The summed E-state index contributed by atoms with van der Waals surface area (Å²) in [6, 6.07) is 0. The first kappa shape index (κ1) is 42.7. The fourth-order valence-corrected chi connectivity index (χ4v) is 3.96. The normalized spacial score (nSPS) is 20.4. The maximum absolute atomic E-state index is 12.0. The van der Waals surface area contributed by atoms with Gasteiger partial charge in [0.15, 0.2) is 6.10 Å². The van der Waals surface area contributed by atoms with Crippen molar-refractivity contribution < 1.29 is 42.9 Å². The number of allylic oxidation sites excluding steroid dienone is 1. The van der Waals surface area contributed by atoms with Crippen LogP contribution >= 0.6 is 0 Å². The predicted octanol–water partition coefficient (Wildman–Crippen LogP) is 6.69. The highest BCUT2D eigenvalue weighted by Gasteiger charge is 2.59. The first-order valence-corrected chi connectivity index (χ1v) is 13.9. The monoisotopic (exact) mass is 584 g/mol. The standard InChI is InChI=1S/C19H28O7.C9H18O2.C3H6.CH4/c1-7-9-14-10-13(11-16(22)23-5)17(25-15(21)8-2)19(24-6,26-14)18(3,4)12-20;1-3-4-5-6-7-8-9(10)11-2;1-3-2;/h7,11-12,14,17H,1,8-10H2,2-6H3;3-8H2,1-2H3;3H,1H2,2H3;1H4/b13-11+;;;/t14-,17+,19-;;;/m1.../s1. The summed E-state index contributed by atoms with van der Waals surface area (Å²) in [5.74, 6) is -2.77. The van der Waals surface area contributed by atoms with Crippen LogP contribution in [0.5, 0.6) is 0 Å². The van der Waals surface area contributed by atoms with Crippen molar-refractivity contribution in [3.8, 4) is 0 Å². The summed E-state index contributed by atoms with van der Waals surface area (Å²) < 4.78 is 26.6. The van der Waals surface area contributed by atoms with Gasteiger partial charge in [-0.1, -0.05) is 59.1 Å². The van der Waals surface area contributed by atoms with E-state index in [-0.39, 0.29) is 19.8 Å². The van der Waals surface area contributed by atoms with Crippen molar-refractivity contribution in [3.05, 3.63) is 37.0 Å². The van der Waals surface area contributed by atoms with Gasteiger partial charge in [0, 0.05) is 26.0 Å². The number of carbonyl (C=O) groups excluding carboxylic acids is 4. The molecule has 0 N–H and O–H groups in total. The van der Waals surface area contributed by atoms with Crippen molar-refractivity contribution in [1.82, 2.24) is 0 Å². The molecular weight excluding hydrogens is 528 g/mol. The molecule has 0 unspecified atom stereocenters. The SMILES string of the molecule is C.C=CC.C=CC[C@@H]1C/C(=C\C(=O)OC)[C@H](OC(=O)CC)[C@](OC)(C(C)(C)C=O)O1.CCCCCCCC(=O)OC. The predicted molar refractivity (Wildman–Crippen MR) is 162 cm³/mol. The van der Waals surface area contributed by atoms with Gasteiger partial charge in [0.1, 0.15) is 6.29 Å². The van der Waals surface area contributed by atoms with Gasteiger partial charge in [-0.2, -0.15) is 0 Å². The fraction of sp³-hybridized carbons (Fsp3) is 0.688. The van der Waals surface area contributed by atoms with E-state index in [1.54, 1.807) is 32.9 Å². The summed E-state index contributed by atoms with van der Waals surface area (Å²) in [5.41, 5.74) is -0.705. The van der Waals surface area contributed by atoms with E-state index >= 15 is 0 Å². The molecule has 1 heterocycles. The highest BCUT2D eigenvalue weighted by atomic mass is 16.7. The second-order valence-corrected chi connectivity index (χ2v) is 9.79. The molecule has 0 aromatic heterocycles. The molecule has 9 heteroatoms. The lowest BCUT2D eigenvalue weighted by atomic mass is 9.75. The lowest BCUT2D eigenvalue weighted by Crippen LogP contribution is -2.63. The summed E-state index contributed by atoms with van der Waals surface area (Å²) in [7, 11) is 4.07. The molecule has 0 aliphatic carbocycles. The van der Waals surface area contributed by atoms with Crippen LogP contribution in [0.1, 0.15) is 99.8 Å². The Morgan fingerprint density at radius 3 is 2.05 bits per heavy atom. The van der Waals surface area contributed by atoms with Crippen molar-refractivity contribution in [3.63, 3.8) is 0 Å². The smallest absolute Gasteiger partial charge is 0.330 e. The number of aldehydes is 1. The number of methoxy groups -OCH3 is 3. The number of carbonyl (C=O) groups is 4. The molecule has 0 bridgehead atoms. The molecule has 1 aliphatic heterocycles. The Hall–Kier alpha value is -2.78. The number of ether oxygens (including phenoxy) is 5. The number of rotatable bonds is 14. The van der Waals surface area contributed by atoms with E-state index in [1.165, 1.54) is 46.7 Å². The summed E-state index contributed by atoms with van der Waals surface area (Å²) in [5, 5.41) is 0. The molecule has 0 radical (unpaired) electrons. The van der Waals surface area contributed by atoms with Gasteiger partial charge in [0.05, 0.1) is 25.7 Å². The summed E-state index contributed by atoms with van der Waals surface area (Å²) in [4.78, 5) is 46.3. The number of hydrogen-bond donors (Lipinski definition) is 0. The molecule has 0 amide bonds. The average Bonchev–Trinajstić information content (AvgIpc) is 2.94. The first-order chi connectivity index (χ1) is 18.9. The summed E-state index contributed by atoms with van der Waals surface area (Å²) in [6.07, 6.45) is 11.3. The van der Waals surface area contributed by atoms with Crippen molar-refractivity contribution in [2.24, 2.45) is 5.41 Å². The zero-order valence-electron chi connectivity index (χ0n) is 25.9. The Kier molecular flexibility index (Phi) is 24.9. The second kappa shape index (κ2) is 23.9. The van der Waals surface area contributed by atoms with Gasteiger partial charge in [0.25, 0.3) is 0 Å². The highest BCUT2D eigenvalue weighted by molar-refractivity contribution is 5.83. The Bertz CT molecular complexity index is 816. The number of hydrogen-bond acceptors (Lipinski definition) is 9. The molecule has 3 atom stereocenters. The maximum Gasteiger partial charge on any atom is 0.330 e. The van der Waals surface area contributed by atoms with E-state index in [0.717, 1.165) is 12.8 Å². The van der Waals surface area contributed by atoms with Crippen LogP contribution in [0.15, 0.2) is 37.0 Å². The molecule has 0 saturated carbocycles. The van der Waals surface area contributed by atoms with E-state index in [9.17, 15) is 19.2 Å². The van der Waals surface area contributed by atoms with Crippen LogP contribution in [-0.2, 0) is 42.9 Å². The van der Waals surface area contributed by atoms with Gasteiger partial charge in [-0.05, 0) is 45.6 Å². The van der Waals surface area contributed by atoms with Gasteiger partial charge in [0.2, 0.25) is 5.79 Å². The van der Waals surface area contributed by atoms with E-state index < -0.39 is 35.3 Å². The lowest BCUT2D eigenvalue weighted by Gasteiger charge is -2.51. The molecule has 1 aliphatic rings. The quantitative estimate of drug-likeness (QED) is 0.0550. The summed E-state index contributed by atoms with van der Waals surface area (Å²) in [6.45, 7) is 16.0. The van der Waals surface area contributed by atoms with Crippen LogP contribution in [0.2, 0.25) is 0 Å². The van der Waals surface area contributed by atoms with Gasteiger partial charge in [-0.15, -0.1) is 13.2 Å². The minimum atomic E-state index is -1.59. The van der Waals surface area contributed by atoms with E-state index in [2.05, 4.69) is 24.8 Å².